The Balaban J connectivity index is 1.44. The molecular formula is C28H31BrN4O4S. The molecule has 3 aromatic carbocycles. The van der Waals surface area contributed by atoms with Gasteiger partial charge >= 0.3 is 0 Å². The van der Waals surface area contributed by atoms with E-state index in [0.717, 1.165) is 23.1 Å². The summed E-state index contributed by atoms with van der Waals surface area (Å²) in [6.07, 6.45) is 0.465. The number of likely N-dealkylation sites (N-methyl/N-ethyl adjacent to an activating group) is 1. The highest BCUT2D eigenvalue weighted by Gasteiger charge is 2.27. The van der Waals surface area contributed by atoms with Crippen molar-refractivity contribution in [1.82, 2.24) is 14.1 Å². The molecule has 1 fully saturated rings. The van der Waals surface area contributed by atoms with E-state index in [1.165, 1.54) is 16.4 Å². The van der Waals surface area contributed by atoms with Crippen molar-refractivity contribution in [2.45, 2.75) is 11.3 Å². The molecule has 10 heteroatoms. The fraction of sp³-hybridized carbons (Fsp3) is 0.286. The zero-order valence-corrected chi connectivity index (χ0v) is 23.6. The molecule has 38 heavy (non-hydrogen) atoms. The summed E-state index contributed by atoms with van der Waals surface area (Å²) >= 11 is 3.33. The molecule has 0 spiro atoms. The lowest BCUT2D eigenvalue weighted by Gasteiger charge is -2.32. The summed E-state index contributed by atoms with van der Waals surface area (Å²) in [5.74, 6) is -0.499. The van der Waals surface area contributed by atoms with Gasteiger partial charge in [0.25, 0.3) is 5.91 Å². The van der Waals surface area contributed by atoms with E-state index in [1.807, 2.05) is 42.3 Å². The maximum absolute atomic E-state index is 13.4. The van der Waals surface area contributed by atoms with E-state index in [-0.39, 0.29) is 23.9 Å². The van der Waals surface area contributed by atoms with Crippen LogP contribution in [0.15, 0.2) is 88.2 Å². The van der Waals surface area contributed by atoms with Gasteiger partial charge in [-0.1, -0.05) is 46.3 Å². The summed E-state index contributed by atoms with van der Waals surface area (Å²) < 4.78 is 28.8. The van der Waals surface area contributed by atoms with Crippen molar-refractivity contribution in [2.24, 2.45) is 0 Å². The smallest absolute Gasteiger partial charge is 0.253 e. The number of nitrogens with one attached hydrogen (secondary N) is 1. The highest BCUT2D eigenvalue weighted by Crippen LogP contribution is 2.20. The second kappa shape index (κ2) is 12.7. The van der Waals surface area contributed by atoms with Crippen LogP contribution in [0.3, 0.4) is 0 Å². The lowest BCUT2D eigenvalue weighted by atomic mass is 10.1. The van der Waals surface area contributed by atoms with Crippen molar-refractivity contribution in [3.05, 3.63) is 94.5 Å². The molecule has 200 valence electrons. The van der Waals surface area contributed by atoms with Gasteiger partial charge in [0.15, 0.2) is 0 Å². The zero-order chi connectivity index (χ0) is 27.1. The van der Waals surface area contributed by atoms with Gasteiger partial charge in [-0.15, -0.1) is 0 Å². The predicted octanol–water partition coefficient (Wildman–Crippen LogP) is 3.71. The van der Waals surface area contributed by atoms with Crippen LogP contribution in [-0.2, 0) is 21.2 Å². The van der Waals surface area contributed by atoms with Crippen LogP contribution in [0.5, 0.6) is 0 Å². The molecule has 1 aliphatic heterocycles. The maximum Gasteiger partial charge on any atom is 0.253 e. The fourth-order valence-electron chi connectivity index (χ4n) is 4.19. The van der Waals surface area contributed by atoms with Crippen LogP contribution < -0.4 is 5.32 Å². The molecule has 1 heterocycles. The van der Waals surface area contributed by atoms with Crippen LogP contribution in [0.25, 0.3) is 0 Å². The third-order valence-corrected chi connectivity index (χ3v) is 8.86. The first-order chi connectivity index (χ1) is 18.2. The maximum atomic E-state index is 13.4. The lowest BCUT2D eigenvalue weighted by molar-refractivity contribution is -0.116. The standard InChI is InChI=1S/C28H31BrN4O4S/c1-31-17-19-32(20-18-31)28(35)23-7-11-25(12-8-23)30-27(34)21-33(16-15-22-5-3-2-4-6-22)38(36,37)26-13-9-24(29)10-14-26/h2-14H,15-21H2,1H3,(H,30,34). The number of piperazine rings is 1. The van der Waals surface area contributed by atoms with E-state index in [0.29, 0.717) is 30.8 Å². The van der Waals surface area contributed by atoms with Crippen molar-refractivity contribution in [2.75, 3.05) is 51.6 Å². The van der Waals surface area contributed by atoms with Gasteiger partial charge < -0.3 is 15.1 Å². The molecule has 0 unspecified atom stereocenters. The van der Waals surface area contributed by atoms with E-state index in [9.17, 15) is 18.0 Å². The van der Waals surface area contributed by atoms with E-state index in [1.54, 1.807) is 36.4 Å². The molecule has 1 N–H and O–H groups in total. The number of sulfonamides is 1. The molecule has 4 rings (SSSR count). The molecule has 0 aliphatic carbocycles. The fourth-order valence-corrected chi connectivity index (χ4v) is 5.85. The molecule has 1 saturated heterocycles. The van der Waals surface area contributed by atoms with Crippen molar-refractivity contribution >= 4 is 43.5 Å². The Kier molecular flexibility index (Phi) is 9.32. The summed E-state index contributed by atoms with van der Waals surface area (Å²) in [5, 5.41) is 2.77. The van der Waals surface area contributed by atoms with Crippen LogP contribution in [0.1, 0.15) is 15.9 Å². The second-order valence-corrected chi connectivity index (χ2v) is 12.1. The van der Waals surface area contributed by atoms with Crippen LogP contribution >= 0.6 is 15.9 Å². The highest BCUT2D eigenvalue weighted by atomic mass is 79.9. The van der Waals surface area contributed by atoms with Crippen LogP contribution in [0.4, 0.5) is 5.69 Å². The number of carbonyl (C=O) groups is 2. The van der Waals surface area contributed by atoms with E-state index < -0.39 is 15.9 Å². The van der Waals surface area contributed by atoms with Crippen LogP contribution in [-0.4, -0.2) is 80.7 Å². The average Bonchev–Trinajstić information content (AvgIpc) is 2.92. The van der Waals surface area contributed by atoms with Gasteiger partial charge in [-0.05, 0) is 67.6 Å². The van der Waals surface area contributed by atoms with Crippen LogP contribution in [0.2, 0.25) is 0 Å². The first-order valence-corrected chi connectivity index (χ1v) is 14.6. The topological polar surface area (TPSA) is 90.0 Å². The van der Waals surface area contributed by atoms with E-state index in [2.05, 4.69) is 26.1 Å². The van der Waals surface area contributed by atoms with Gasteiger partial charge in [0, 0.05) is 48.4 Å². The number of benzene rings is 3. The summed E-state index contributed by atoms with van der Waals surface area (Å²) in [6, 6.07) is 22.6. The molecular weight excluding hydrogens is 568 g/mol. The zero-order valence-electron chi connectivity index (χ0n) is 21.2. The summed E-state index contributed by atoms with van der Waals surface area (Å²) in [7, 11) is -1.88. The molecule has 2 amide bonds. The Morgan fingerprint density at radius 3 is 2.16 bits per heavy atom. The van der Waals surface area contributed by atoms with Gasteiger partial charge in [-0.3, -0.25) is 9.59 Å². The Hall–Kier alpha value is -3.05. The molecule has 0 aromatic heterocycles. The minimum Gasteiger partial charge on any atom is -0.336 e. The minimum atomic E-state index is -3.91. The first kappa shape index (κ1) is 28.0. The molecule has 3 aromatic rings. The molecule has 8 nitrogen and oxygen atoms in total. The first-order valence-electron chi connectivity index (χ1n) is 12.4. The summed E-state index contributed by atoms with van der Waals surface area (Å²) in [6.45, 7) is 2.84. The van der Waals surface area contributed by atoms with Crippen LogP contribution in [0, 0.1) is 0 Å². The van der Waals surface area contributed by atoms with Gasteiger partial charge in [0.2, 0.25) is 15.9 Å². The Morgan fingerprint density at radius 2 is 1.53 bits per heavy atom. The largest absolute Gasteiger partial charge is 0.336 e. The van der Waals surface area contributed by atoms with Crippen molar-refractivity contribution in [3.8, 4) is 0 Å². The number of anilines is 1. The summed E-state index contributed by atoms with van der Waals surface area (Å²) in [5.41, 5.74) is 2.02. The molecule has 0 radical (unpaired) electrons. The number of rotatable bonds is 9. The average molecular weight is 600 g/mol. The number of halogens is 1. The van der Waals surface area contributed by atoms with Crippen molar-refractivity contribution < 1.29 is 18.0 Å². The quantitative estimate of drug-likeness (QED) is 0.405. The third kappa shape index (κ3) is 7.28. The molecule has 0 bridgehead atoms. The minimum absolute atomic E-state index is 0.0383. The molecule has 1 aliphatic rings. The lowest BCUT2D eigenvalue weighted by Crippen LogP contribution is -2.47. The SMILES string of the molecule is CN1CCN(C(=O)c2ccc(NC(=O)CN(CCc3ccccc3)S(=O)(=O)c3ccc(Br)cc3)cc2)CC1. The number of amides is 2. The van der Waals surface area contributed by atoms with Gasteiger partial charge in [0.1, 0.15) is 0 Å². The van der Waals surface area contributed by atoms with E-state index >= 15 is 0 Å². The van der Waals surface area contributed by atoms with Gasteiger partial charge in [-0.25, -0.2) is 8.42 Å². The number of nitrogens with zero attached hydrogens (tertiary/aromatic N) is 3. The van der Waals surface area contributed by atoms with Gasteiger partial charge in [-0.2, -0.15) is 4.31 Å². The predicted molar refractivity (Wildman–Crippen MR) is 152 cm³/mol. The van der Waals surface area contributed by atoms with Crippen molar-refractivity contribution in [1.29, 1.82) is 0 Å². The van der Waals surface area contributed by atoms with Gasteiger partial charge in [0.05, 0.1) is 11.4 Å². The Bertz CT molecular complexity index is 1340. The van der Waals surface area contributed by atoms with Crippen molar-refractivity contribution in [3.63, 3.8) is 0 Å². The second-order valence-electron chi connectivity index (χ2n) is 9.25. The monoisotopic (exact) mass is 598 g/mol. The number of hydrogen-bond donors (Lipinski definition) is 1. The highest BCUT2D eigenvalue weighted by molar-refractivity contribution is 9.10. The number of hydrogen-bond acceptors (Lipinski definition) is 5. The number of carbonyl (C=O) groups excluding carboxylic acids is 2. The summed E-state index contributed by atoms with van der Waals surface area (Å²) in [4.78, 5) is 29.9. The molecule has 0 saturated carbocycles. The van der Waals surface area contributed by atoms with E-state index in [4.69, 9.17) is 0 Å². The third-order valence-electron chi connectivity index (χ3n) is 6.47. The Labute approximate surface area is 232 Å². The normalized spacial score (nSPS) is 14.4. The molecule has 0 atom stereocenters. The Morgan fingerprint density at radius 1 is 0.895 bits per heavy atom.